The van der Waals surface area contributed by atoms with Gasteiger partial charge >= 0.3 is 0 Å². The third kappa shape index (κ3) is 3.63. The normalized spacial score (nSPS) is 12.6. The number of nitrogens with one attached hydrogen (secondary N) is 1. The predicted octanol–water partition coefficient (Wildman–Crippen LogP) is 3.37. The van der Waals surface area contributed by atoms with E-state index in [1.807, 2.05) is 26.2 Å². The molecule has 21 heavy (non-hydrogen) atoms. The molecular formula is C16H23ClN4. The van der Waals surface area contributed by atoms with Gasteiger partial charge in [-0.3, -0.25) is 9.67 Å². The van der Waals surface area contributed by atoms with Crippen LogP contribution in [0.25, 0.3) is 0 Å². The number of aromatic nitrogens is 3. The topological polar surface area (TPSA) is 42.7 Å². The van der Waals surface area contributed by atoms with Crippen LogP contribution in [-0.4, -0.2) is 21.3 Å². The Morgan fingerprint density at radius 2 is 2.14 bits per heavy atom. The van der Waals surface area contributed by atoms with Crippen molar-refractivity contribution in [3.05, 3.63) is 46.0 Å². The molecule has 0 saturated carbocycles. The van der Waals surface area contributed by atoms with Gasteiger partial charge in [-0.05, 0) is 44.9 Å². The SMILES string of the molecule is CCCNC(Cc1c(C)nn(C)c1Cl)c1ncccc1C. The van der Waals surface area contributed by atoms with E-state index in [9.17, 15) is 0 Å². The monoisotopic (exact) mass is 306 g/mol. The van der Waals surface area contributed by atoms with E-state index in [1.165, 1.54) is 5.56 Å². The molecule has 2 aromatic rings. The van der Waals surface area contributed by atoms with Crippen molar-refractivity contribution in [1.82, 2.24) is 20.1 Å². The van der Waals surface area contributed by atoms with Crippen LogP contribution in [0.4, 0.5) is 0 Å². The van der Waals surface area contributed by atoms with Crippen LogP contribution in [0.3, 0.4) is 0 Å². The molecule has 1 atom stereocenters. The molecule has 1 N–H and O–H groups in total. The average molecular weight is 307 g/mol. The van der Waals surface area contributed by atoms with Gasteiger partial charge in [0.05, 0.1) is 17.4 Å². The van der Waals surface area contributed by atoms with Crippen molar-refractivity contribution in [2.24, 2.45) is 7.05 Å². The molecule has 0 aliphatic carbocycles. The second-order valence-corrected chi connectivity index (χ2v) is 5.75. The minimum absolute atomic E-state index is 0.159. The van der Waals surface area contributed by atoms with E-state index in [1.54, 1.807) is 4.68 Å². The lowest BCUT2D eigenvalue weighted by Gasteiger charge is -2.20. The summed E-state index contributed by atoms with van der Waals surface area (Å²) in [5.74, 6) is 0. The van der Waals surface area contributed by atoms with Crippen LogP contribution in [0, 0.1) is 13.8 Å². The minimum atomic E-state index is 0.159. The Morgan fingerprint density at radius 3 is 2.71 bits per heavy atom. The summed E-state index contributed by atoms with van der Waals surface area (Å²) in [7, 11) is 1.87. The lowest BCUT2D eigenvalue weighted by atomic mass is 10.00. The molecule has 0 radical (unpaired) electrons. The first kappa shape index (κ1) is 16.0. The van der Waals surface area contributed by atoms with Gasteiger partial charge in [0.25, 0.3) is 0 Å². The molecule has 0 amide bonds. The summed E-state index contributed by atoms with van der Waals surface area (Å²) >= 11 is 6.37. The van der Waals surface area contributed by atoms with Gasteiger partial charge in [0.15, 0.2) is 0 Å². The predicted molar refractivity (Wildman–Crippen MR) is 86.7 cm³/mol. The summed E-state index contributed by atoms with van der Waals surface area (Å²) in [5.41, 5.74) is 4.37. The Bertz CT molecular complexity index is 606. The summed E-state index contributed by atoms with van der Waals surface area (Å²) in [4.78, 5) is 4.56. The molecule has 0 spiro atoms. The highest BCUT2D eigenvalue weighted by atomic mass is 35.5. The first-order chi connectivity index (χ1) is 10.0. The molecule has 0 bridgehead atoms. The lowest BCUT2D eigenvalue weighted by Crippen LogP contribution is -2.26. The molecule has 0 aliphatic heterocycles. The first-order valence-corrected chi connectivity index (χ1v) is 7.75. The van der Waals surface area contributed by atoms with Gasteiger partial charge in [0, 0.05) is 18.8 Å². The van der Waals surface area contributed by atoms with Gasteiger partial charge in [-0.25, -0.2) is 0 Å². The molecule has 0 aliphatic rings. The van der Waals surface area contributed by atoms with Gasteiger partial charge in [-0.2, -0.15) is 5.10 Å². The summed E-state index contributed by atoms with van der Waals surface area (Å²) < 4.78 is 1.73. The van der Waals surface area contributed by atoms with E-state index in [2.05, 4.69) is 35.3 Å². The third-order valence-electron chi connectivity index (χ3n) is 3.70. The fourth-order valence-electron chi connectivity index (χ4n) is 2.56. The van der Waals surface area contributed by atoms with Crippen molar-refractivity contribution in [2.75, 3.05) is 6.54 Å². The summed E-state index contributed by atoms with van der Waals surface area (Å²) in [6.45, 7) is 7.22. The maximum atomic E-state index is 6.37. The molecule has 5 heteroatoms. The van der Waals surface area contributed by atoms with Crippen LogP contribution in [0.2, 0.25) is 5.15 Å². The zero-order chi connectivity index (χ0) is 15.4. The Morgan fingerprint density at radius 1 is 1.38 bits per heavy atom. The molecule has 0 fully saturated rings. The van der Waals surface area contributed by atoms with Gasteiger partial charge in [-0.1, -0.05) is 24.6 Å². The van der Waals surface area contributed by atoms with E-state index in [0.717, 1.165) is 36.3 Å². The second kappa shape index (κ2) is 7.05. The molecule has 0 saturated heterocycles. The Hall–Kier alpha value is -1.39. The average Bonchev–Trinajstić information content (AvgIpc) is 2.70. The van der Waals surface area contributed by atoms with Gasteiger partial charge < -0.3 is 5.32 Å². The minimum Gasteiger partial charge on any atom is -0.308 e. The highest BCUT2D eigenvalue weighted by Crippen LogP contribution is 2.26. The van der Waals surface area contributed by atoms with E-state index in [0.29, 0.717) is 5.15 Å². The summed E-state index contributed by atoms with van der Waals surface area (Å²) in [5, 5.41) is 8.69. The molecule has 0 aromatic carbocycles. The van der Waals surface area contributed by atoms with Crippen LogP contribution in [-0.2, 0) is 13.5 Å². The molecule has 114 valence electrons. The van der Waals surface area contributed by atoms with E-state index >= 15 is 0 Å². The van der Waals surface area contributed by atoms with Crippen LogP contribution in [0.15, 0.2) is 18.3 Å². The molecule has 4 nitrogen and oxygen atoms in total. The van der Waals surface area contributed by atoms with E-state index < -0.39 is 0 Å². The highest BCUT2D eigenvalue weighted by molar-refractivity contribution is 6.30. The number of nitrogens with zero attached hydrogens (tertiary/aromatic N) is 3. The number of rotatable bonds is 6. The van der Waals surface area contributed by atoms with Gasteiger partial charge in [0.2, 0.25) is 0 Å². The molecular weight excluding hydrogens is 284 g/mol. The van der Waals surface area contributed by atoms with Crippen molar-refractivity contribution in [3.8, 4) is 0 Å². The Kier molecular flexibility index (Phi) is 5.37. The molecule has 2 aromatic heterocycles. The van der Waals surface area contributed by atoms with Crippen LogP contribution in [0.5, 0.6) is 0 Å². The van der Waals surface area contributed by atoms with Crippen molar-refractivity contribution in [3.63, 3.8) is 0 Å². The first-order valence-electron chi connectivity index (χ1n) is 7.37. The zero-order valence-corrected chi connectivity index (χ0v) is 13.9. The van der Waals surface area contributed by atoms with Crippen molar-refractivity contribution in [2.45, 2.75) is 39.7 Å². The number of halogens is 1. The van der Waals surface area contributed by atoms with Crippen molar-refractivity contribution < 1.29 is 0 Å². The van der Waals surface area contributed by atoms with Crippen LogP contribution in [0.1, 0.15) is 41.9 Å². The maximum absolute atomic E-state index is 6.37. The highest BCUT2D eigenvalue weighted by Gasteiger charge is 2.20. The lowest BCUT2D eigenvalue weighted by molar-refractivity contribution is 0.514. The smallest absolute Gasteiger partial charge is 0.130 e. The van der Waals surface area contributed by atoms with Crippen LogP contribution < -0.4 is 5.32 Å². The second-order valence-electron chi connectivity index (χ2n) is 5.39. The number of hydrogen-bond donors (Lipinski definition) is 1. The standard InChI is InChI=1S/C16H23ClN4/c1-5-8-18-14(15-11(2)7-6-9-19-15)10-13-12(3)20-21(4)16(13)17/h6-7,9,14,18H,5,8,10H2,1-4H3. The van der Waals surface area contributed by atoms with E-state index in [4.69, 9.17) is 11.6 Å². The van der Waals surface area contributed by atoms with Gasteiger partial charge in [-0.15, -0.1) is 0 Å². The maximum Gasteiger partial charge on any atom is 0.130 e. The molecule has 1 unspecified atom stereocenters. The molecule has 2 rings (SSSR count). The fourth-order valence-corrected chi connectivity index (χ4v) is 2.81. The Balaban J connectivity index is 2.31. The van der Waals surface area contributed by atoms with Gasteiger partial charge in [0.1, 0.15) is 5.15 Å². The third-order valence-corrected chi connectivity index (χ3v) is 4.17. The Labute approximate surface area is 131 Å². The quantitative estimate of drug-likeness (QED) is 0.890. The fraction of sp³-hybridized carbons (Fsp3) is 0.500. The van der Waals surface area contributed by atoms with Crippen molar-refractivity contribution in [1.29, 1.82) is 0 Å². The number of aryl methyl sites for hydroxylation is 3. The number of pyridine rings is 1. The van der Waals surface area contributed by atoms with Crippen molar-refractivity contribution >= 4 is 11.6 Å². The van der Waals surface area contributed by atoms with Crippen LogP contribution >= 0.6 is 11.6 Å². The molecule has 2 heterocycles. The summed E-state index contributed by atoms with van der Waals surface area (Å²) in [6.07, 6.45) is 3.74. The summed E-state index contributed by atoms with van der Waals surface area (Å²) in [6, 6.07) is 4.23. The number of hydrogen-bond acceptors (Lipinski definition) is 3. The zero-order valence-electron chi connectivity index (χ0n) is 13.2. The largest absolute Gasteiger partial charge is 0.308 e. The van der Waals surface area contributed by atoms with E-state index in [-0.39, 0.29) is 6.04 Å².